The zero-order chi connectivity index (χ0) is 22.0. The quantitative estimate of drug-likeness (QED) is 0.672. The van der Waals surface area contributed by atoms with E-state index < -0.39 is 10.0 Å². The summed E-state index contributed by atoms with van der Waals surface area (Å²) in [6, 6.07) is 1.34. The third-order valence-corrected chi connectivity index (χ3v) is 6.57. The van der Waals surface area contributed by atoms with E-state index >= 15 is 0 Å². The number of aryl methyl sites for hydroxylation is 1. The van der Waals surface area contributed by atoms with E-state index in [1.807, 2.05) is 10.7 Å². The molecule has 0 aliphatic carbocycles. The van der Waals surface area contributed by atoms with Crippen molar-refractivity contribution in [3.05, 3.63) is 30.1 Å². The summed E-state index contributed by atoms with van der Waals surface area (Å²) < 4.78 is 34.8. The van der Waals surface area contributed by atoms with Crippen LogP contribution in [0.4, 0.5) is 5.95 Å². The molecule has 0 aromatic carbocycles. The first-order chi connectivity index (χ1) is 14.8. The van der Waals surface area contributed by atoms with Crippen molar-refractivity contribution >= 4 is 16.0 Å². The minimum Gasteiger partial charge on any atom is -0.376 e. The van der Waals surface area contributed by atoms with Crippen LogP contribution in [0.5, 0.6) is 0 Å². The van der Waals surface area contributed by atoms with Gasteiger partial charge in [-0.25, -0.2) is 32.8 Å². The van der Waals surface area contributed by atoms with Crippen molar-refractivity contribution in [2.45, 2.75) is 63.6 Å². The zero-order valence-electron chi connectivity index (χ0n) is 18.3. The number of hydrogen-bond acceptors (Lipinski definition) is 8. The van der Waals surface area contributed by atoms with Gasteiger partial charge in [-0.15, -0.1) is 0 Å². The van der Waals surface area contributed by atoms with Crippen LogP contribution in [0.1, 0.15) is 56.7 Å². The molecule has 1 fully saturated rings. The van der Waals surface area contributed by atoms with E-state index in [1.165, 1.54) is 6.26 Å². The average molecular weight is 450 g/mol. The van der Waals surface area contributed by atoms with E-state index in [2.05, 4.69) is 38.4 Å². The van der Waals surface area contributed by atoms with Crippen molar-refractivity contribution in [2.75, 3.05) is 30.9 Å². The maximum absolute atomic E-state index is 11.9. The number of nitrogens with one attached hydrogen (secondary N) is 1. The lowest BCUT2D eigenvalue weighted by Crippen LogP contribution is -2.47. The van der Waals surface area contributed by atoms with Gasteiger partial charge in [0.1, 0.15) is 5.82 Å². The molecule has 2 aromatic rings. The molecule has 0 saturated carbocycles. The third-order valence-electron chi connectivity index (χ3n) is 5.84. The number of fused-ring (bicyclic) bond motifs is 1. The summed E-state index contributed by atoms with van der Waals surface area (Å²) >= 11 is 0. The van der Waals surface area contributed by atoms with Gasteiger partial charge < -0.3 is 9.64 Å². The normalized spacial score (nSPS) is 22.6. The number of anilines is 1. The molecule has 0 radical (unpaired) electrons. The SMILES string of the molecule is CC(C)c1nc2n(n1)[C@@H](COC1CCN(c3ncccn3)CC1)[C@@H](NS(C)(=O)=O)CC2. The lowest BCUT2D eigenvalue weighted by Gasteiger charge is -2.35. The molecule has 0 bridgehead atoms. The van der Waals surface area contributed by atoms with Crippen molar-refractivity contribution in [1.82, 2.24) is 29.5 Å². The maximum Gasteiger partial charge on any atom is 0.225 e. The topological polar surface area (TPSA) is 115 Å². The van der Waals surface area contributed by atoms with Crippen LogP contribution in [0.25, 0.3) is 0 Å². The smallest absolute Gasteiger partial charge is 0.225 e. The molecule has 10 nitrogen and oxygen atoms in total. The van der Waals surface area contributed by atoms with E-state index in [0.29, 0.717) is 19.4 Å². The monoisotopic (exact) mass is 449 g/mol. The molecule has 31 heavy (non-hydrogen) atoms. The number of piperidine rings is 1. The standard InChI is InChI=1S/C20H31N7O3S/c1-14(2)19-23-18-6-5-16(25-31(3,28)29)17(27(18)24-19)13-30-15-7-11-26(12-8-15)20-21-9-4-10-22-20/h4,9-10,14-17,25H,5-8,11-13H2,1-3H3/t16-,17-/m0/s1. The van der Waals surface area contributed by atoms with Gasteiger partial charge in [-0.2, -0.15) is 5.10 Å². The van der Waals surface area contributed by atoms with Crippen molar-refractivity contribution in [3.63, 3.8) is 0 Å². The van der Waals surface area contributed by atoms with Crippen molar-refractivity contribution in [2.24, 2.45) is 0 Å². The molecule has 0 unspecified atom stereocenters. The molecule has 2 atom stereocenters. The molecule has 0 spiro atoms. The number of hydrogen-bond donors (Lipinski definition) is 1. The second-order valence-electron chi connectivity index (χ2n) is 8.66. The van der Waals surface area contributed by atoms with Crippen LogP contribution in [0.15, 0.2) is 18.5 Å². The minimum absolute atomic E-state index is 0.109. The molecule has 1 N–H and O–H groups in total. The van der Waals surface area contributed by atoms with Gasteiger partial charge >= 0.3 is 0 Å². The van der Waals surface area contributed by atoms with Gasteiger partial charge in [-0.1, -0.05) is 13.8 Å². The predicted octanol–water partition coefficient (Wildman–Crippen LogP) is 1.28. The van der Waals surface area contributed by atoms with E-state index in [-0.39, 0.29) is 24.1 Å². The molecule has 11 heteroatoms. The second kappa shape index (κ2) is 9.17. The van der Waals surface area contributed by atoms with Gasteiger partial charge in [0.15, 0.2) is 5.82 Å². The Bertz CT molecular complexity index is 972. The van der Waals surface area contributed by atoms with E-state index in [0.717, 1.165) is 43.5 Å². The molecular formula is C20H31N7O3S. The Kier molecular flexibility index (Phi) is 6.54. The van der Waals surface area contributed by atoms with Crippen LogP contribution >= 0.6 is 0 Å². The van der Waals surface area contributed by atoms with Crippen molar-refractivity contribution < 1.29 is 13.2 Å². The summed E-state index contributed by atoms with van der Waals surface area (Å²) in [6.07, 6.45) is 7.93. The second-order valence-corrected chi connectivity index (χ2v) is 10.4. The minimum atomic E-state index is -3.34. The Morgan fingerprint density at radius 3 is 2.55 bits per heavy atom. The zero-order valence-corrected chi connectivity index (χ0v) is 19.1. The predicted molar refractivity (Wildman–Crippen MR) is 116 cm³/mol. The molecule has 0 amide bonds. The Morgan fingerprint density at radius 2 is 1.90 bits per heavy atom. The van der Waals surface area contributed by atoms with Gasteiger partial charge in [0.05, 0.1) is 25.0 Å². The third kappa shape index (κ3) is 5.39. The largest absolute Gasteiger partial charge is 0.376 e. The van der Waals surface area contributed by atoms with Crippen molar-refractivity contribution in [1.29, 1.82) is 0 Å². The highest BCUT2D eigenvalue weighted by atomic mass is 32.2. The highest BCUT2D eigenvalue weighted by Gasteiger charge is 2.35. The van der Waals surface area contributed by atoms with E-state index in [1.54, 1.807) is 12.4 Å². The molecule has 2 aliphatic heterocycles. The lowest BCUT2D eigenvalue weighted by molar-refractivity contribution is 0.00578. The molecule has 4 rings (SSSR count). The number of aromatic nitrogens is 5. The fourth-order valence-electron chi connectivity index (χ4n) is 4.21. The summed E-state index contributed by atoms with van der Waals surface area (Å²) in [7, 11) is -3.34. The van der Waals surface area contributed by atoms with Crippen LogP contribution < -0.4 is 9.62 Å². The summed E-state index contributed by atoms with van der Waals surface area (Å²) in [4.78, 5) is 15.5. The molecule has 170 valence electrons. The van der Waals surface area contributed by atoms with Gasteiger partial charge in [0.25, 0.3) is 0 Å². The summed E-state index contributed by atoms with van der Waals surface area (Å²) in [5.41, 5.74) is 0. The molecule has 2 aromatic heterocycles. The summed E-state index contributed by atoms with van der Waals surface area (Å²) in [5.74, 6) is 2.65. The van der Waals surface area contributed by atoms with Gasteiger partial charge in [0.2, 0.25) is 16.0 Å². The average Bonchev–Trinajstić information content (AvgIpc) is 3.18. The highest BCUT2D eigenvalue weighted by molar-refractivity contribution is 7.88. The molecule has 4 heterocycles. The molecule has 1 saturated heterocycles. The first-order valence-electron chi connectivity index (χ1n) is 10.9. The molecule has 2 aliphatic rings. The van der Waals surface area contributed by atoms with Gasteiger partial charge in [-0.05, 0) is 25.3 Å². The van der Waals surface area contributed by atoms with Gasteiger partial charge in [-0.3, -0.25) is 0 Å². The van der Waals surface area contributed by atoms with Gasteiger partial charge in [0, 0.05) is 43.9 Å². The summed E-state index contributed by atoms with van der Waals surface area (Å²) in [6.45, 7) is 6.17. The fraction of sp³-hybridized carbons (Fsp3) is 0.700. The fourth-order valence-corrected chi connectivity index (χ4v) is 5.04. The number of sulfonamides is 1. The van der Waals surface area contributed by atoms with E-state index in [9.17, 15) is 8.42 Å². The Morgan fingerprint density at radius 1 is 1.19 bits per heavy atom. The Balaban J connectivity index is 1.42. The first-order valence-corrected chi connectivity index (χ1v) is 12.8. The summed E-state index contributed by atoms with van der Waals surface area (Å²) in [5, 5.41) is 4.69. The first kappa shape index (κ1) is 22.1. The molecular weight excluding hydrogens is 418 g/mol. The van der Waals surface area contributed by atoms with Crippen molar-refractivity contribution in [3.8, 4) is 0 Å². The Labute approximate surface area is 183 Å². The Hall–Kier alpha value is -2.11. The van der Waals surface area contributed by atoms with Crippen LogP contribution in [-0.4, -0.2) is 71.2 Å². The lowest BCUT2D eigenvalue weighted by atomic mass is 10.00. The number of ether oxygens (including phenoxy) is 1. The van der Waals surface area contributed by atoms with Crippen LogP contribution in [0.2, 0.25) is 0 Å². The van der Waals surface area contributed by atoms with E-state index in [4.69, 9.17) is 9.84 Å². The van der Waals surface area contributed by atoms with Crippen LogP contribution in [-0.2, 0) is 21.2 Å². The van der Waals surface area contributed by atoms with Crippen LogP contribution in [0, 0.1) is 0 Å². The van der Waals surface area contributed by atoms with Crippen LogP contribution in [0.3, 0.4) is 0 Å². The number of nitrogens with zero attached hydrogens (tertiary/aromatic N) is 6. The maximum atomic E-state index is 11.9. The highest BCUT2D eigenvalue weighted by Crippen LogP contribution is 2.28. The number of rotatable bonds is 7.